The van der Waals surface area contributed by atoms with Crippen LogP contribution in [-0.2, 0) is 9.59 Å². The number of anilines is 1. The molecule has 1 atom stereocenters. The highest BCUT2D eigenvalue weighted by atomic mass is 16.2. The van der Waals surface area contributed by atoms with Crippen LogP contribution in [0.15, 0.2) is 60.7 Å². The van der Waals surface area contributed by atoms with Gasteiger partial charge in [0.1, 0.15) is 6.04 Å². The van der Waals surface area contributed by atoms with Crippen molar-refractivity contribution in [3.63, 3.8) is 0 Å². The molecule has 0 aromatic heterocycles. The van der Waals surface area contributed by atoms with Gasteiger partial charge < -0.3 is 15.5 Å². The first-order valence-electron chi connectivity index (χ1n) is 9.55. The highest BCUT2D eigenvalue weighted by Crippen LogP contribution is 2.20. The number of nitrogens with zero attached hydrogens (tertiary/aromatic N) is 1. The lowest BCUT2D eigenvalue weighted by Gasteiger charge is -2.33. The molecule has 0 radical (unpaired) electrons. The van der Waals surface area contributed by atoms with Crippen molar-refractivity contribution in [2.24, 2.45) is 5.92 Å². The minimum absolute atomic E-state index is 0.0104. The average Bonchev–Trinajstić information content (AvgIpc) is 2.74. The Kier molecular flexibility index (Phi) is 6.42. The molecule has 1 saturated heterocycles. The number of piperidine rings is 1. The molecule has 1 heterocycles. The fourth-order valence-corrected chi connectivity index (χ4v) is 3.33. The number of hydrogen-bond donors (Lipinski definition) is 2. The van der Waals surface area contributed by atoms with Crippen LogP contribution in [0.1, 0.15) is 30.1 Å². The molecule has 28 heavy (non-hydrogen) atoms. The second-order valence-corrected chi connectivity index (χ2v) is 7.02. The summed E-state index contributed by atoms with van der Waals surface area (Å²) in [6, 6.07) is 17.6. The van der Waals surface area contributed by atoms with Gasteiger partial charge in [-0.25, -0.2) is 0 Å². The Hall–Kier alpha value is -3.15. The van der Waals surface area contributed by atoms with E-state index in [1.165, 1.54) is 0 Å². The zero-order chi connectivity index (χ0) is 19.9. The summed E-state index contributed by atoms with van der Waals surface area (Å²) in [5, 5.41) is 5.67. The lowest BCUT2D eigenvalue weighted by molar-refractivity contribution is -0.135. The number of hydrogen-bond acceptors (Lipinski definition) is 3. The van der Waals surface area contributed by atoms with Crippen LogP contribution in [0.2, 0.25) is 0 Å². The molecule has 1 fully saturated rings. The normalized spacial score (nSPS) is 15.5. The monoisotopic (exact) mass is 379 g/mol. The molecular formula is C22H25N3O3. The lowest BCUT2D eigenvalue weighted by Crippen LogP contribution is -2.50. The van der Waals surface area contributed by atoms with Crippen molar-refractivity contribution in [2.45, 2.75) is 25.8 Å². The van der Waals surface area contributed by atoms with Crippen LogP contribution in [0.3, 0.4) is 0 Å². The van der Waals surface area contributed by atoms with Gasteiger partial charge in [0.25, 0.3) is 5.91 Å². The molecule has 3 rings (SSSR count). The van der Waals surface area contributed by atoms with Crippen LogP contribution in [0.4, 0.5) is 5.69 Å². The van der Waals surface area contributed by atoms with Crippen LogP contribution in [0.5, 0.6) is 0 Å². The maximum absolute atomic E-state index is 12.6. The highest BCUT2D eigenvalue weighted by Gasteiger charge is 2.30. The molecule has 0 saturated carbocycles. The van der Waals surface area contributed by atoms with Crippen molar-refractivity contribution in [1.82, 2.24) is 10.2 Å². The first-order chi connectivity index (χ1) is 13.5. The smallest absolute Gasteiger partial charge is 0.251 e. The molecule has 1 aliphatic rings. The first-order valence-corrected chi connectivity index (χ1v) is 9.55. The summed E-state index contributed by atoms with van der Waals surface area (Å²) in [6.07, 6.45) is 1.23. The van der Waals surface area contributed by atoms with Crippen LogP contribution < -0.4 is 10.6 Å². The van der Waals surface area contributed by atoms with Gasteiger partial charge in [-0.15, -0.1) is 0 Å². The van der Waals surface area contributed by atoms with Crippen molar-refractivity contribution in [3.05, 3.63) is 66.2 Å². The van der Waals surface area contributed by atoms with Gasteiger partial charge in [-0.2, -0.15) is 0 Å². The Morgan fingerprint density at radius 1 is 0.929 bits per heavy atom. The molecule has 2 N–H and O–H groups in total. The summed E-state index contributed by atoms with van der Waals surface area (Å²) < 4.78 is 0. The Balaban J connectivity index is 1.48. The van der Waals surface area contributed by atoms with Crippen molar-refractivity contribution in [3.8, 4) is 0 Å². The zero-order valence-electron chi connectivity index (χ0n) is 15.9. The second-order valence-electron chi connectivity index (χ2n) is 7.02. The Bertz CT molecular complexity index is 815. The van der Waals surface area contributed by atoms with E-state index in [1.807, 2.05) is 36.4 Å². The van der Waals surface area contributed by atoms with E-state index in [-0.39, 0.29) is 23.6 Å². The summed E-state index contributed by atoms with van der Waals surface area (Å²) in [7, 11) is 0. The number of carbonyl (C=O) groups is 3. The van der Waals surface area contributed by atoms with E-state index < -0.39 is 6.04 Å². The number of carbonyl (C=O) groups excluding carboxylic acids is 3. The van der Waals surface area contributed by atoms with E-state index in [4.69, 9.17) is 0 Å². The molecule has 2 aromatic rings. The molecule has 0 spiro atoms. The number of nitrogens with one attached hydrogen (secondary N) is 2. The topological polar surface area (TPSA) is 78.5 Å². The van der Waals surface area contributed by atoms with Gasteiger partial charge in [-0.3, -0.25) is 14.4 Å². The number of amides is 3. The number of para-hydroxylation sites is 1. The van der Waals surface area contributed by atoms with E-state index >= 15 is 0 Å². The largest absolute Gasteiger partial charge is 0.341 e. The predicted octanol–water partition coefficient (Wildman–Crippen LogP) is 2.68. The van der Waals surface area contributed by atoms with Gasteiger partial charge >= 0.3 is 0 Å². The van der Waals surface area contributed by atoms with Gasteiger partial charge in [0.15, 0.2) is 0 Å². The van der Waals surface area contributed by atoms with Crippen LogP contribution in [-0.4, -0.2) is 41.8 Å². The van der Waals surface area contributed by atoms with Crippen molar-refractivity contribution < 1.29 is 14.4 Å². The van der Waals surface area contributed by atoms with Crippen molar-refractivity contribution in [2.75, 3.05) is 18.4 Å². The third-order valence-corrected chi connectivity index (χ3v) is 4.97. The van der Waals surface area contributed by atoms with E-state index in [2.05, 4.69) is 10.6 Å². The number of benzene rings is 2. The van der Waals surface area contributed by atoms with Gasteiger partial charge in [0.2, 0.25) is 11.8 Å². The molecule has 0 bridgehead atoms. The zero-order valence-corrected chi connectivity index (χ0v) is 15.9. The van der Waals surface area contributed by atoms with E-state index in [0.29, 0.717) is 31.5 Å². The van der Waals surface area contributed by atoms with Gasteiger partial charge in [0, 0.05) is 30.3 Å². The van der Waals surface area contributed by atoms with E-state index in [9.17, 15) is 14.4 Å². The summed E-state index contributed by atoms with van der Waals surface area (Å²) in [6.45, 7) is 2.71. The summed E-state index contributed by atoms with van der Waals surface area (Å²) in [5.74, 6) is -0.507. The number of likely N-dealkylation sites (tertiary alicyclic amines) is 1. The van der Waals surface area contributed by atoms with Crippen LogP contribution >= 0.6 is 0 Å². The molecule has 6 heteroatoms. The molecule has 0 unspecified atom stereocenters. The number of rotatable bonds is 5. The van der Waals surface area contributed by atoms with Gasteiger partial charge in [-0.05, 0) is 44.0 Å². The van der Waals surface area contributed by atoms with Crippen molar-refractivity contribution >= 4 is 23.4 Å². The molecule has 2 aromatic carbocycles. The van der Waals surface area contributed by atoms with Crippen LogP contribution in [0.25, 0.3) is 0 Å². The SMILES string of the molecule is C[C@H](NC(=O)c1ccccc1)C(=O)N1CCC(C(=O)Nc2ccccc2)CC1. The Labute approximate surface area is 164 Å². The average molecular weight is 379 g/mol. The summed E-state index contributed by atoms with van der Waals surface area (Å²) >= 11 is 0. The van der Waals surface area contributed by atoms with E-state index in [0.717, 1.165) is 5.69 Å². The Morgan fingerprint density at radius 2 is 1.50 bits per heavy atom. The second kappa shape index (κ2) is 9.17. The molecular weight excluding hydrogens is 354 g/mol. The highest BCUT2D eigenvalue weighted by molar-refractivity contribution is 5.97. The first kappa shape index (κ1) is 19.6. The van der Waals surface area contributed by atoms with E-state index in [1.54, 1.807) is 36.1 Å². The maximum Gasteiger partial charge on any atom is 0.251 e. The molecule has 146 valence electrons. The fourth-order valence-electron chi connectivity index (χ4n) is 3.33. The summed E-state index contributed by atoms with van der Waals surface area (Å²) in [4.78, 5) is 39.0. The third kappa shape index (κ3) is 4.97. The van der Waals surface area contributed by atoms with Crippen LogP contribution in [0, 0.1) is 5.92 Å². The van der Waals surface area contributed by atoms with Gasteiger partial charge in [-0.1, -0.05) is 36.4 Å². The molecule has 6 nitrogen and oxygen atoms in total. The standard InChI is InChI=1S/C22H25N3O3/c1-16(23-20(26)17-8-4-2-5-9-17)22(28)25-14-12-18(13-15-25)21(27)24-19-10-6-3-7-11-19/h2-11,16,18H,12-15H2,1H3,(H,23,26)(H,24,27)/t16-/m0/s1. The molecule has 3 amide bonds. The Morgan fingerprint density at radius 3 is 2.11 bits per heavy atom. The quantitative estimate of drug-likeness (QED) is 0.838. The third-order valence-electron chi connectivity index (χ3n) is 4.97. The summed E-state index contributed by atoms with van der Waals surface area (Å²) in [5.41, 5.74) is 1.31. The fraction of sp³-hybridized carbons (Fsp3) is 0.318. The minimum Gasteiger partial charge on any atom is -0.341 e. The van der Waals surface area contributed by atoms with Gasteiger partial charge in [0.05, 0.1) is 0 Å². The molecule has 1 aliphatic heterocycles. The maximum atomic E-state index is 12.6. The molecule has 0 aliphatic carbocycles. The lowest BCUT2D eigenvalue weighted by atomic mass is 9.95. The van der Waals surface area contributed by atoms with Crippen molar-refractivity contribution in [1.29, 1.82) is 0 Å². The predicted molar refractivity (Wildman–Crippen MR) is 108 cm³/mol. The minimum atomic E-state index is -0.609.